The Morgan fingerprint density at radius 3 is 2.61 bits per heavy atom. The number of terminal acetylenes is 1. The van der Waals surface area contributed by atoms with Gasteiger partial charge in [0.15, 0.2) is 0 Å². The summed E-state index contributed by atoms with van der Waals surface area (Å²) in [6, 6.07) is 3.68. The molecule has 0 radical (unpaired) electrons. The normalized spacial score (nSPS) is 12.6. The molecule has 0 bridgehead atoms. The number of hydrogen-bond acceptors (Lipinski definition) is 3. The van der Waals surface area contributed by atoms with Gasteiger partial charge >= 0.3 is 0 Å². The molecule has 0 aliphatic heterocycles. The van der Waals surface area contributed by atoms with Gasteiger partial charge in [0.1, 0.15) is 0 Å². The minimum Gasteiger partial charge on any atom is -0.339 e. The predicted molar refractivity (Wildman–Crippen MR) is 68.3 cm³/mol. The zero-order chi connectivity index (χ0) is 13.9. The third-order valence-electron chi connectivity index (χ3n) is 2.38. The summed E-state index contributed by atoms with van der Waals surface area (Å²) in [7, 11) is -3.83. The van der Waals surface area contributed by atoms with Crippen LogP contribution in [0.5, 0.6) is 0 Å². The maximum absolute atomic E-state index is 11.9. The third-order valence-corrected chi connectivity index (χ3v) is 3.29. The van der Waals surface area contributed by atoms with Crippen LogP contribution >= 0.6 is 0 Å². The molecule has 1 aromatic rings. The second kappa shape index (κ2) is 5.21. The van der Waals surface area contributed by atoms with Crippen molar-refractivity contribution in [1.82, 2.24) is 5.32 Å². The lowest BCUT2D eigenvalue weighted by Crippen LogP contribution is -2.32. The van der Waals surface area contributed by atoms with Crippen LogP contribution in [0.1, 0.15) is 22.8 Å². The summed E-state index contributed by atoms with van der Waals surface area (Å²) >= 11 is 0. The highest BCUT2D eigenvalue weighted by molar-refractivity contribution is 7.89. The van der Waals surface area contributed by atoms with E-state index in [2.05, 4.69) is 11.2 Å². The van der Waals surface area contributed by atoms with Crippen molar-refractivity contribution in [3.63, 3.8) is 0 Å². The van der Waals surface area contributed by atoms with Gasteiger partial charge in [0.05, 0.1) is 10.9 Å². The Hall–Kier alpha value is -1.84. The highest BCUT2D eigenvalue weighted by Crippen LogP contribution is 2.14. The standard InChI is InChI=1S/C12H14N2O3S/c1-4-9(3)14-12(15)11-7-10(18(13,16)17)6-5-8(11)2/h1,5-7,9H,2-3H3,(H,14,15)(H2,13,16,17). The summed E-state index contributed by atoms with van der Waals surface area (Å²) in [6.45, 7) is 3.35. The van der Waals surface area contributed by atoms with E-state index in [1.54, 1.807) is 13.8 Å². The van der Waals surface area contributed by atoms with Crippen molar-refractivity contribution in [2.75, 3.05) is 0 Å². The van der Waals surface area contributed by atoms with Crippen molar-refractivity contribution >= 4 is 15.9 Å². The van der Waals surface area contributed by atoms with Gasteiger partial charge in [-0.15, -0.1) is 6.42 Å². The van der Waals surface area contributed by atoms with Gasteiger partial charge in [-0.3, -0.25) is 4.79 Å². The van der Waals surface area contributed by atoms with Gasteiger partial charge in [-0.2, -0.15) is 0 Å². The molecule has 0 aliphatic carbocycles. The van der Waals surface area contributed by atoms with E-state index in [-0.39, 0.29) is 10.5 Å². The van der Waals surface area contributed by atoms with Crippen molar-refractivity contribution < 1.29 is 13.2 Å². The fourth-order valence-corrected chi connectivity index (χ4v) is 1.88. The number of carbonyl (C=O) groups excluding carboxylic acids is 1. The molecule has 0 spiro atoms. The lowest BCUT2D eigenvalue weighted by Gasteiger charge is -2.10. The van der Waals surface area contributed by atoms with Crippen molar-refractivity contribution in [3.05, 3.63) is 29.3 Å². The Kier molecular flexibility index (Phi) is 4.11. The first-order valence-corrected chi connectivity index (χ1v) is 6.71. The lowest BCUT2D eigenvalue weighted by molar-refractivity contribution is 0.0947. The van der Waals surface area contributed by atoms with E-state index in [1.807, 2.05) is 0 Å². The molecule has 18 heavy (non-hydrogen) atoms. The third kappa shape index (κ3) is 3.32. The van der Waals surface area contributed by atoms with E-state index in [1.165, 1.54) is 18.2 Å². The van der Waals surface area contributed by atoms with Crippen LogP contribution in [0.4, 0.5) is 0 Å². The molecule has 0 saturated carbocycles. The second-order valence-corrected chi connectivity index (χ2v) is 5.44. The van der Waals surface area contributed by atoms with E-state index < -0.39 is 22.0 Å². The van der Waals surface area contributed by atoms with E-state index in [0.29, 0.717) is 5.56 Å². The average molecular weight is 266 g/mol. The quantitative estimate of drug-likeness (QED) is 0.776. The molecule has 1 rings (SSSR count). The first kappa shape index (κ1) is 14.2. The molecule has 1 aromatic carbocycles. The van der Waals surface area contributed by atoms with Crippen molar-refractivity contribution in [1.29, 1.82) is 0 Å². The monoisotopic (exact) mass is 266 g/mol. The van der Waals surface area contributed by atoms with Crippen LogP contribution in [0.15, 0.2) is 23.1 Å². The summed E-state index contributed by atoms with van der Waals surface area (Å²) < 4.78 is 22.4. The minimum atomic E-state index is -3.83. The summed E-state index contributed by atoms with van der Waals surface area (Å²) in [5.41, 5.74) is 0.882. The van der Waals surface area contributed by atoms with Gasteiger partial charge in [0.25, 0.3) is 5.91 Å². The highest BCUT2D eigenvalue weighted by Gasteiger charge is 2.15. The fraction of sp³-hybridized carbons (Fsp3) is 0.250. The molecule has 3 N–H and O–H groups in total. The maximum atomic E-state index is 11.9. The molecule has 0 fully saturated rings. The van der Waals surface area contributed by atoms with Crippen LogP contribution < -0.4 is 10.5 Å². The molecule has 0 saturated heterocycles. The molecule has 96 valence electrons. The number of hydrogen-bond donors (Lipinski definition) is 2. The number of rotatable bonds is 3. The zero-order valence-electron chi connectivity index (χ0n) is 10.1. The summed E-state index contributed by atoms with van der Waals surface area (Å²) in [4.78, 5) is 11.8. The van der Waals surface area contributed by atoms with E-state index in [0.717, 1.165) is 0 Å². The number of sulfonamides is 1. The Balaban J connectivity index is 3.17. The van der Waals surface area contributed by atoms with Crippen LogP contribution in [0.3, 0.4) is 0 Å². The first-order chi connectivity index (χ1) is 8.25. The van der Waals surface area contributed by atoms with Gasteiger partial charge in [-0.1, -0.05) is 12.0 Å². The van der Waals surface area contributed by atoms with Crippen LogP contribution in [0.2, 0.25) is 0 Å². The Morgan fingerprint density at radius 2 is 2.11 bits per heavy atom. The highest BCUT2D eigenvalue weighted by atomic mass is 32.2. The molecular weight excluding hydrogens is 252 g/mol. The number of carbonyl (C=O) groups is 1. The number of primary sulfonamides is 1. The number of nitrogens with one attached hydrogen (secondary N) is 1. The Bertz CT molecular complexity index is 615. The molecule has 1 amide bonds. The van der Waals surface area contributed by atoms with Gasteiger partial charge in [0.2, 0.25) is 10.0 Å². The van der Waals surface area contributed by atoms with E-state index >= 15 is 0 Å². The van der Waals surface area contributed by atoms with E-state index in [9.17, 15) is 13.2 Å². The van der Waals surface area contributed by atoms with Crippen molar-refractivity contribution in [2.45, 2.75) is 24.8 Å². The molecular formula is C12H14N2O3S. The fourth-order valence-electron chi connectivity index (χ4n) is 1.34. The van der Waals surface area contributed by atoms with Gasteiger partial charge in [-0.05, 0) is 31.5 Å². The lowest BCUT2D eigenvalue weighted by atomic mass is 10.1. The summed E-state index contributed by atoms with van der Waals surface area (Å²) in [5, 5.41) is 7.57. The van der Waals surface area contributed by atoms with Crippen molar-refractivity contribution in [3.8, 4) is 12.3 Å². The first-order valence-electron chi connectivity index (χ1n) is 5.16. The van der Waals surface area contributed by atoms with Gasteiger partial charge in [0, 0.05) is 5.56 Å². The molecule has 5 nitrogen and oxygen atoms in total. The maximum Gasteiger partial charge on any atom is 0.252 e. The molecule has 0 aliphatic rings. The van der Waals surface area contributed by atoms with Crippen LogP contribution in [-0.2, 0) is 10.0 Å². The summed E-state index contributed by atoms with van der Waals surface area (Å²) in [5.74, 6) is 1.93. The van der Waals surface area contributed by atoms with Crippen LogP contribution in [-0.4, -0.2) is 20.4 Å². The largest absolute Gasteiger partial charge is 0.339 e. The Morgan fingerprint density at radius 1 is 1.50 bits per heavy atom. The smallest absolute Gasteiger partial charge is 0.252 e. The number of amides is 1. The SMILES string of the molecule is C#CC(C)NC(=O)c1cc(S(N)(=O)=O)ccc1C. The van der Waals surface area contributed by atoms with Crippen molar-refractivity contribution in [2.24, 2.45) is 5.14 Å². The molecule has 0 aromatic heterocycles. The van der Waals surface area contributed by atoms with Crippen LogP contribution in [0, 0.1) is 19.3 Å². The molecule has 0 heterocycles. The number of benzene rings is 1. The van der Waals surface area contributed by atoms with Crippen LogP contribution in [0.25, 0.3) is 0 Å². The molecule has 1 atom stereocenters. The number of aryl methyl sites for hydroxylation is 1. The predicted octanol–water partition coefficient (Wildman–Crippen LogP) is 0.394. The summed E-state index contributed by atoms with van der Waals surface area (Å²) in [6.07, 6.45) is 5.16. The van der Waals surface area contributed by atoms with E-state index in [4.69, 9.17) is 11.6 Å². The number of nitrogens with two attached hydrogens (primary N) is 1. The second-order valence-electron chi connectivity index (χ2n) is 3.88. The van der Waals surface area contributed by atoms with Gasteiger partial charge in [-0.25, -0.2) is 13.6 Å². The molecule has 6 heteroatoms. The minimum absolute atomic E-state index is 0.105. The Labute approximate surface area is 106 Å². The topological polar surface area (TPSA) is 89.3 Å². The van der Waals surface area contributed by atoms with Gasteiger partial charge < -0.3 is 5.32 Å². The zero-order valence-corrected chi connectivity index (χ0v) is 10.9. The average Bonchev–Trinajstić information content (AvgIpc) is 2.27. The molecule has 1 unspecified atom stereocenters.